The Balaban J connectivity index is 0.00000103. The molecule has 0 amide bonds. The van der Waals surface area contributed by atoms with Gasteiger partial charge in [0.2, 0.25) is 5.82 Å². The van der Waals surface area contributed by atoms with Crippen LogP contribution in [-0.2, 0) is 20.4 Å². The van der Waals surface area contributed by atoms with Crippen LogP contribution in [0.2, 0.25) is 0 Å². The van der Waals surface area contributed by atoms with E-state index in [4.69, 9.17) is 56.4 Å². The number of aliphatic hydroxyl groups is 2. The average molecular weight is 527 g/mol. The number of nitrogens with one attached hydrogen (secondary N) is 1. The number of aromatic amines is 1. The van der Waals surface area contributed by atoms with Crippen molar-refractivity contribution in [2.24, 2.45) is 0 Å². The molecule has 15 heteroatoms. The lowest BCUT2D eigenvalue weighted by Crippen LogP contribution is -2.47. The topological polar surface area (TPSA) is 135 Å². The second-order valence-electron chi connectivity index (χ2n) is 7.65. The lowest BCUT2D eigenvalue weighted by Gasteiger charge is -2.33. The first-order chi connectivity index (χ1) is 16.5. The molecule has 2 aliphatic heterocycles. The molecule has 4 N–H and O–H groups in total. The van der Waals surface area contributed by atoms with Gasteiger partial charge in [0.1, 0.15) is 28.5 Å². The Morgan fingerprint density at radius 3 is 2.57 bits per heavy atom. The molecule has 4 rings (SSSR count). The molecule has 3 heterocycles. The smallest absolute Gasteiger partial charge is 0.400 e. The third-order valence-corrected chi connectivity index (χ3v) is 6.82. The summed E-state index contributed by atoms with van der Waals surface area (Å²) in [5.41, 5.74) is 1.70. The molecule has 0 spiro atoms. The van der Waals surface area contributed by atoms with Crippen molar-refractivity contribution < 1.29 is 37.8 Å². The van der Waals surface area contributed by atoms with Gasteiger partial charge >= 0.3 is 8.17 Å². The highest BCUT2D eigenvalue weighted by Crippen LogP contribution is 2.64. The van der Waals surface area contributed by atoms with Crippen molar-refractivity contribution in [3.63, 3.8) is 0 Å². The maximum atomic E-state index is 13.7. The summed E-state index contributed by atoms with van der Waals surface area (Å²) < 4.78 is 37.4. The van der Waals surface area contributed by atoms with E-state index in [0.29, 0.717) is 18.6 Å². The van der Waals surface area contributed by atoms with Crippen molar-refractivity contribution in [2.75, 3.05) is 14.2 Å². The Kier molecular flexibility index (Phi) is 10.2. The molecule has 0 aliphatic carbocycles. The second kappa shape index (κ2) is 12.1. The second-order valence-corrected chi connectivity index (χ2v) is 9.60. The van der Waals surface area contributed by atoms with Crippen LogP contribution in [0.15, 0.2) is 23.1 Å². The molecule has 188 valence electrons. The monoisotopic (exact) mass is 527 g/mol. The van der Waals surface area contributed by atoms with Crippen molar-refractivity contribution in [2.45, 2.75) is 51.0 Å². The summed E-state index contributed by atoms with van der Waals surface area (Å²) in [5, 5.41) is 12.0. The standard InChI is InChI=1S/C18H18B2FN2O6PS.2CH4O/c1-9-5-10(2)15-11(6-9)8-26-30(25,28-15)29-18(19,20)13-3-4-14(27-13)23-7-12(21)16(24)22-17(23)31;2*1-2/h5-7,13-14,25H,3-4,8H2,1-2H3;2*2H,1H3/p+1. The first kappa shape index (κ1) is 29.6. The van der Waals surface area contributed by atoms with Gasteiger partial charge in [-0.25, -0.2) is 0 Å². The van der Waals surface area contributed by atoms with Gasteiger partial charge in [-0.15, -0.1) is 4.52 Å². The first-order valence-electron chi connectivity index (χ1n) is 10.4. The Labute approximate surface area is 210 Å². The summed E-state index contributed by atoms with van der Waals surface area (Å²) in [6, 6.07) is 3.80. The van der Waals surface area contributed by atoms with Gasteiger partial charge in [-0.2, -0.15) is 13.8 Å². The fourth-order valence-electron chi connectivity index (χ4n) is 3.71. The quantitative estimate of drug-likeness (QED) is 0.267. The summed E-state index contributed by atoms with van der Waals surface area (Å²) in [6.45, 7) is 3.86. The SMILES string of the molecule is CO.CO.[B]C([B])(O[P+]1(O)OCc2cc(C)cc(C)c2O1)C1CCC(n2cc(F)c(=O)[nH]c2=S)O1. The number of halogens is 1. The van der Waals surface area contributed by atoms with Gasteiger partial charge in [0.25, 0.3) is 5.56 Å². The maximum absolute atomic E-state index is 13.7. The fraction of sp³-hybridized carbons (Fsp3) is 0.500. The molecule has 3 atom stereocenters. The van der Waals surface area contributed by atoms with E-state index in [0.717, 1.165) is 37.1 Å². The average Bonchev–Trinajstić information content (AvgIpc) is 3.30. The van der Waals surface area contributed by atoms with E-state index in [1.165, 1.54) is 4.57 Å². The summed E-state index contributed by atoms with van der Waals surface area (Å²) in [4.78, 5) is 24.4. The highest BCUT2D eigenvalue weighted by Gasteiger charge is 2.56. The molecular formula is C20H27B2FN2O8PS+. The van der Waals surface area contributed by atoms with E-state index >= 15 is 0 Å². The number of fused-ring (bicyclic) bond motifs is 1. The molecule has 0 saturated carbocycles. The van der Waals surface area contributed by atoms with Gasteiger partial charge in [0.05, 0.1) is 17.7 Å². The van der Waals surface area contributed by atoms with E-state index in [-0.39, 0.29) is 11.4 Å². The number of rotatable bonds is 4. The van der Waals surface area contributed by atoms with Gasteiger partial charge in [-0.1, -0.05) is 11.6 Å². The van der Waals surface area contributed by atoms with Crippen LogP contribution in [0.25, 0.3) is 0 Å². The molecule has 1 fully saturated rings. The van der Waals surface area contributed by atoms with Gasteiger partial charge in [0.15, 0.2) is 10.5 Å². The molecule has 1 aromatic heterocycles. The number of aryl methyl sites for hydroxylation is 2. The minimum absolute atomic E-state index is 0.00920. The van der Waals surface area contributed by atoms with Crippen LogP contribution in [0.3, 0.4) is 0 Å². The molecule has 35 heavy (non-hydrogen) atoms. The predicted octanol–water partition coefficient (Wildman–Crippen LogP) is 1.84. The number of hydrogen-bond donors (Lipinski definition) is 4. The van der Waals surface area contributed by atoms with Gasteiger partial charge in [-0.05, 0) is 50.5 Å². The third-order valence-electron chi connectivity index (χ3n) is 5.09. The molecule has 1 saturated heterocycles. The van der Waals surface area contributed by atoms with Crippen molar-refractivity contribution in [1.82, 2.24) is 9.55 Å². The summed E-state index contributed by atoms with van der Waals surface area (Å²) >= 11 is 5.07. The third kappa shape index (κ3) is 6.78. The van der Waals surface area contributed by atoms with Crippen LogP contribution in [0.1, 0.15) is 35.8 Å². The van der Waals surface area contributed by atoms with Crippen molar-refractivity contribution in [3.05, 3.63) is 56.0 Å². The van der Waals surface area contributed by atoms with Crippen LogP contribution in [0.4, 0.5) is 4.39 Å². The Bertz CT molecular complexity index is 1150. The van der Waals surface area contributed by atoms with Crippen LogP contribution >= 0.6 is 20.4 Å². The minimum atomic E-state index is -3.89. The van der Waals surface area contributed by atoms with E-state index in [9.17, 15) is 14.1 Å². The number of aliphatic hydroxyl groups excluding tert-OH is 2. The number of benzene rings is 1. The van der Waals surface area contributed by atoms with E-state index < -0.39 is 37.3 Å². The summed E-state index contributed by atoms with van der Waals surface area (Å²) in [6.07, 6.45) is 0.00942. The molecular weight excluding hydrogens is 500 g/mol. The normalized spacial score (nSPS) is 23.2. The predicted molar refractivity (Wildman–Crippen MR) is 131 cm³/mol. The summed E-state index contributed by atoms with van der Waals surface area (Å²) in [7, 11) is 10.4. The van der Waals surface area contributed by atoms with Crippen molar-refractivity contribution >= 4 is 36.1 Å². The highest BCUT2D eigenvalue weighted by atomic mass is 32.1. The largest absolute Gasteiger partial charge is 0.618 e. The lowest BCUT2D eigenvalue weighted by atomic mass is 9.61. The van der Waals surface area contributed by atoms with Crippen LogP contribution in [-0.4, -0.2) is 66.1 Å². The van der Waals surface area contributed by atoms with E-state index in [1.807, 2.05) is 26.0 Å². The number of ether oxygens (including phenoxy) is 1. The number of hydrogen-bond acceptors (Lipinski definition) is 9. The zero-order valence-corrected chi connectivity index (χ0v) is 21.4. The molecule has 3 unspecified atom stereocenters. The summed E-state index contributed by atoms with van der Waals surface area (Å²) in [5.74, 6) is -0.541. The molecule has 2 aliphatic rings. The zero-order chi connectivity index (χ0) is 26.6. The lowest BCUT2D eigenvalue weighted by molar-refractivity contribution is -0.0557. The fourth-order valence-corrected chi connectivity index (χ4v) is 5.42. The van der Waals surface area contributed by atoms with Gasteiger partial charge in [-0.3, -0.25) is 18.9 Å². The van der Waals surface area contributed by atoms with Crippen LogP contribution in [0.5, 0.6) is 5.75 Å². The first-order valence-corrected chi connectivity index (χ1v) is 12.3. The molecule has 0 bridgehead atoms. The number of aromatic nitrogens is 2. The minimum Gasteiger partial charge on any atom is -0.400 e. The zero-order valence-electron chi connectivity index (χ0n) is 19.7. The van der Waals surface area contributed by atoms with Gasteiger partial charge in [0, 0.05) is 19.8 Å². The van der Waals surface area contributed by atoms with Crippen LogP contribution < -0.4 is 10.1 Å². The number of nitrogens with zero attached hydrogens (tertiary/aromatic N) is 1. The number of H-pyrrole nitrogens is 1. The highest BCUT2D eigenvalue weighted by molar-refractivity contribution is 7.71. The van der Waals surface area contributed by atoms with Gasteiger partial charge < -0.3 is 14.9 Å². The van der Waals surface area contributed by atoms with Crippen molar-refractivity contribution in [1.29, 1.82) is 0 Å². The Morgan fingerprint density at radius 1 is 1.26 bits per heavy atom. The van der Waals surface area contributed by atoms with E-state index in [1.54, 1.807) is 0 Å². The Morgan fingerprint density at radius 2 is 1.91 bits per heavy atom. The molecule has 10 nitrogen and oxygen atoms in total. The Hall–Kier alpha value is -1.63. The maximum Gasteiger partial charge on any atom is 0.618 e. The van der Waals surface area contributed by atoms with Crippen molar-refractivity contribution in [3.8, 4) is 5.75 Å². The molecule has 1 aromatic carbocycles. The van der Waals surface area contributed by atoms with E-state index in [2.05, 4.69) is 4.98 Å². The van der Waals surface area contributed by atoms with Crippen LogP contribution in [0, 0.1) is 24.4 Å². The molecule has 4 radical (unpaired) electrons. The molecule has 2 aromatic rings.